The summed E-state index contributed by atoms with van der Waals surface area (Å²) in [5.41, 5.74) is 1.61. The highest BCUT2D eigenvalue weighted by Gasteiger charge is 2.31. The molecule has 2 atom stereocenters. The third-order valence-corrected chi connectivity index (χ3v) is 6.22. The molecule has 0 radical (unpaired) electrons. The molecule has 37 heavy (non-hydrogen) atoms. The standard InChI is InChI=1S/C28H29F2N3O3.CH4/c1-17-5-6-19(14-24(17)30)26(18(2)32-27(35)28(3,4)16-34)36-23-11-12-25-20(13-23)15-31-33(25)22-9-7-21(29)8-10-22;/h5-15,18,26,34H,16H2,1-4H3,(H,32,35);1H4/t18-,26-;/m0./s1. The number of carbonyl (C=O) groups is 1. The lowest BCUT2D eigenvalue weighted by atomic mass is 9.92. The summed E-state index contributed by atoms with van der Waals surface area (Å²) < 4.78 is 35.8. The van der Waals surface area contributed by atoms with Crippen LogP contribution in [0.5, 0.6) is 5.75 Å². The molecule has 0 aliphatic heterocycles. The molecule has 1 amide bonds. The van der Waals surface area contributed by atoms with Crippen LogP contribution in [0.4, 0.5) is 8.78 Å². The molecule has 0 saturated heterocycles. The number of hydrogen-bond donors (Lipinski definition) is 2. The van der Waals surface area contributed by atoms with Crippen LogP contribution in [0.3, 0.4) is 0 Å². The molecule has 1 heterocycles. The van der Waals surface area contributed by atoms with Crippen molar-refractivity contribution in [1.82, 2.24) is 15.1 Å². The summed E-state index contributed by atoms with van der Waals surface area (Å²) in [5, 5.41) is 17.7. The molecule has 6 nitrogen and oxygen atoms in total. The summed E-state index contributed by atoms with van der Waals surface area (Å²) >= 11 is 0. The van der Waals surface area contributed by atoms with Gasteiger partial charge in [0.2, 0.25) is 5.91 Å². The fourth-order valence-electron chi connectivity index (χ4n) is 3.81. The Kier molecular flexibility index (Phi) is 8.33. The smallest absolute Gasteiger partial charge is 0.228 e. The molecular weight excluding hydrogens is 476 g/mol. The molecular formula is C29H33F2N3O3. The Hall–Kier alpha value is -3.78. The number of aromatic nitrogens is 2. The average molecular weight is 510 g/mol. The van der Waals surface area contributed by atoms with E-state index in [4.69, 9.17) is 4.74 Å². The summed E-state index contributed by atoms with van der Waals surface area (Å²) in [6.45, 7) is 6.42. The zero-order valence-corrected chi connectivity index (χ0v) is 20.6. The van der Waals surface area contributed by atoms with E-state index in [9.17, 15) is 18.7 Å². The molecule has 0 bridgehead atoms. The first-order valence-corrected chi connectivity index (χ1v) is 11.7. The maximum atomic E-state index is 14.4. The Labute approximate surface area is 215 Å². The van der Waals surface area contributed by atoms with Gasteiger partial charge in [-0.05, 0) is 87.4 Å². The SMILES string of the molecule is C.Cc1ccc([C@@H](Oc2ccc3c(cnn3-c3ccc(F)cc3)c2)[C@H](C)NC(=O)C(C)(C)CO)cc1F. The Bertz CT molecular complexity index is 1380. The van der Waals surface area contributed by atoms with Gasteiger partial charge in [-0.1, -0.05) is 19.6 Å². The highest BCUT2D eigenvalue weighted by atomic mass is 19.1. The molecule has 1 aromatic heterocycles. The van der Waals surface area contributed by atoms with Gasteiger partial charge in [0.1, 0.15) is 23.5 Å². The number of nitrogens with one attached hydrogen (secondary N) is 1. The van der Waals surface area contributed by atoms with Crippen molar-refractivity contribution >= 4 is 16.8 Å². The number of benzene rings is 3. The minimum absolute atomic E-state index is 0. The summed E-state index contributed by atoms with van der Waals surface area (Å²) in [6, 6.07) is 15.8. The van der Waals surface area contributed by atoms with Crippen LogP contribution in [0, 0.1) is 24.0 Å². The number of hydrogen-bond acceptors (Lipinski definition) is 4. The minimum Gasteiger partial charge on any atom is -0.484 e. The van der Waals surface area contributed by atoms with E-state index in [1.165, 1.54) is 18.2 Å². The molecule has 196 valence electrons. The maximum absolute atomic E-state index is 14.4. The molecule has 3 aromatic carbocycles. The third kappa shape index (κ3) is 5.97. The van der Waals surface area contributed by atoms with Gasteiger partial charge in [0.25, 0.3) is 0 Å². The molecule has 0 unspecified atom stereocenters. The monoisotopic (exact) mass is 509 g/mol. The Morgan fingerprint density at radius 3 is 2.46 bits per heavy atom. The average Bonchev–Trinajstić information content (AvgIpc) is 3.28. The first-order chi connectivity index (χ1) is 17.1. The summed E-state index contributed by atoms with van der Waals surface area (Å²) in [6.07, 6.45) is 0.976. The van der Waals surface area contributed by atoms with E-state index in [1.807, 2.05) is 12.1 Å². The van der Waals surface area contributed by atoms with Gasteiger partial charge >= 0.3 is 0 Å². The topological polar surface area (TPSA) is 76.4 Å². The highest BCUT2D eigenvalue weighted by molar-refractivity contribution is 5.82. The summed E-state index contributed by atoms with van der Waals surface area (Å²) in [7, 11) is 0. The predicted molar refractivity (Wildman–Crippen MR) is 141 cm³/mol. The first-order valence-electron chi connectivity index (χ1n) is 11.7. The van der Waals surface area contributed by atoms with Crippen molar-refractivity contribution < 1.29 is 23.4 Å². The Balaban J connectivity index is 0.00000380. The molecule has 0 fully saturated rings. The second-order valence-electron chi connectivity index (χ2n) is 9.60. The van der Waals surface area contributed by atoms with Crippen LogP contribution in [-0.4, -0.2) is 33.4 Å². The molecule has 2 N–H and O–H groups in total. The van der Waals surface area contributed by atoms with E-state index < -0.39 is 17.6 Å². The van der Waals surface area contributed by atoms with Crippen molar-refractivity contribution in [3.05, 3.63) is 89.6 Å². The van der Waals surface area contributed by atoms with E-state index in [2.05, 4.69) is 10.4 Å². The first kappa shape index (κ1) is 27.8. The largest absolute Gasteiger partial charge is 0.484 e. The summed E-state index contributed by atoms with van der Waals surface area (Å²) in [4.78, 5) is 12.7. The van der Waals surface area contributed by atoms with Crippen molar-refractivity contribution in [1.29, 1.82) is 0 Å². The number of aliphatic hydroxyl groups excluding tert-OH is 1. The van der Waals surface area contributed by atoms with Gasteiger partial charge in [0.05, 0.1) is 35.5 Å². The van der Waals surface area contributed by atoms with Crippen LogP contribution >= 0.6 is 0 Å². The molecule has 8 heteroatoms. The lowest BCUT2D eigenvalue weighted by Crippen LogP contribution is -2.46. The normalized spacial score (nSPS) is 13.1. The predicted octanol–water partition coefficient (Wildman–Crippen LogP) is 5.89. The number of ether oxygens (including phenoxy) is 1. The van der Waals surface area contributed by atoms with Crippen LogP contribution in [0.15, 0.2) is 66.9 Å². The highest BCUT2D eigenvalue weighted by Crippen LogP contribution is 2.30. The van der Waals surface area contributed by atoms with Gasteiger partial charge in [0.15, 0.2) is 0 Å². The van der Waals surface area contributed by atoms with Crippen molar-refractivity contribution in [2.45, 2.75) is 47.3 Å². The third-order valence-electron chi connectivity index (χ3n) is 6.22. The number of amides is 1. The van der Waals surface area contributed by atoms with Gasteiger partial charge < -0.3 is 15.2 Å². The van der Waals surface area contributed by atoms with Gasteiger partial charge in [0, 0.05) is 5.39 Å². The van der Waals surface area contributed by atoms with Gasteiger partial charge in [-0.3, -0.25) is 4.79 Å². The van der Waals surface area contributed by atoms with Crippen molar-refractivity contribution in [3.63, 3.8) is 0 Å². The lowest BCUT2D eigenvalue weighted by molar-refractivity contribution is -0.132. The molecule has 4 rings (SSSR count). The molecule has 4 aromatic rings. The van der Waals surface area contributed by atoms with Gasteiger partial charge in [-0.15, -0.1) is 0 Å². The van der Waals surface area contributed by atoms with E-state index in [0.717, 1.165) is 16.6 Å². The van der Waals surface area contributed by atoms with Crippen LogP contribution < -0.4 is 10.1 Å². The van der Waals surface area contributed by atoms with E-state index in [0.29, 0.717) is 16.9 Å². The number of nitrogens with zero attached hydrogens (tertiary/aromatic N) is 2. The van der Waals surface area contributed by atoms with E-state index >= 15 is 0 Å². The quantitative estimate of drug-likeness (QED) is 0.311. The minimum atomic E-state index is -0.981. The fraction of sp³-hybridized carbons (Fsp3) is 0.310. The van der Waals surface area contributed by atoms with Crippen molar-refractivity contribution in [2.24, 2.45) is 5.41 Å². The Morgan fingerprint density at radius 2 is 1.81 bits per heavy atom. The van der Waals surface area contributed by atoms with Crippen LogP contribution in [-0.2, 0) is 4.79 Å². The van der Waals surface area contributed by atoms with Gasteiger partial charge in [-0.2, -0.15) is 5.10 Å². The van der Waals surface area contributed by atoms with Crippen LogP contribution in [0.1, 0.15) is 45.4 Å². The fourth-order valence-corrected chi connectivity index (χ4v) is 3.81. The second kappa shape index (κ2) is 11.1. The van der Waals surface area contributed by atoms with E-state index in [-0.39, 0.29) is 31.6 Å². The van der Waals surface area contributed by atoms with Crippen LogP contribution in [0.2, 0.25) is 0 Å². The van der Waals surface area contributed by atoms with Crippen molar-refractivity contribution in [2.75, 3.05) is 6.61 Å². The lowest BCUT2D eigenvalue weighted by Gasteiger charge is -2.30. The Morgan fingerprint density at radius 1 is 1.11 bits per heavy atom. The molecule has 0 saturated carbocycles. The van der Waals surface area contributed by atoms with Crippen molar-refractivity contribution in [3.8, 4) is 11.4 Å². The number of fused-ring (bicyclic) bond motifs is 1. The maximum Gasteiger partial charge on any atom is 0.228 e. The van der Waals surface area contributed by atoms with E-state index in [1.54, 1.807) is 68.9 Å². The number of rotatable bonds is 8. The molecule has 0 aliphatic carbocycles. The zero-order chi connectivity index (χ0) is 26.0. The molecule has 0 aliphatic rings. The number of aryl methyl sites for hydroxylation is 1. The van der Waals surface area contributed by atoms with Crippen LogP contribution in [0.25, 0.3) is 16.6 Å². The number of halogens is 2. The number of aliphatic hydroxyl groups is 1. The molecule has 0 spiro atoms. The number of carbonyl (C=O) groups excluding carboxylic acids is 1. The summed E-state index contributed by atoms with van der Waals surface area (Å²) in [5.74, 6) is -0.524. The zero-order valence-electron chi connectivity index (χ0n) is 20.6. The second-order valence-corrected chi connectivity index (χ2v) is 9.60. The van der Waals surface area contributed by atoms with Gasteiger partial charge in [-0.25, -0.2) is 13.5 Å².